The average molecular weight is 794 g/mol. The van der Waals surface area contributed by atoms with Gasteiger partial charge in [-0.2, -0.15) is 4.31 Å². The molecule has 0 aliphatic heterocycles. The van der Waals surface area contributed by atoms with Gasteiger partial charge in [0.25, 0.3) is 10.0 Å². The van der Waals surface area contributed by atoms with Gasteiger partial charge in [0.05, 0.1) is 60.5 Å². The van der Waals surface area contributed by atoms with Crippen molar-refractivity contribution in [2.75, 3.05) is 45.3 Å². The third kappa shape index (κ3) is 9.22. The van der Waals surface area contributed by atoms with Crippen LogP contribution in [0.5, 0.6) is 11.5 Å². The van der Waals surface area contributed by atoms with Crippen LogP contribution in [0.25, 0.3) is 10.9 Å². The molecule has 0 saturated heterocycles. The maximum atomic E-state index is 14.3. The zero-order chi connectivity index (χ0) is 39.3. The molecule has 18 heteroatoms. The van der Waals surface area contributed by atoms with Crippen molar-refractivity contribution in [2.45, 2.75) is 49.6 Å². The Morgan fingerprint density at radius 3 is 1.81 bits per heavy atom. The van der Waals surface area contributed by atoms with E-state index in [2.05, 4.69) is 0 Å². The van der Waals surface area contributed by atoms with Gasteiger partial charge in [0, 0.05) is 11.1 Å². The Morgan fingerprint density at radius 2 is 1.32 bits per heavy atom. The van der Waals surface area contributed by atoms with Crippen LogP contribution in [0.1, 0.15) is 33.4 Å². The fraction of sp³-hybridized carbons (Fsp3) is 0.343. The summed E-state index contributed by atoms with van der Waals surface area (Å²) in [5, 5.41) is -0.0177. The maximum absolute atomic E-state index is 14.3. The number of nitrogens with zero attached hydrogens (tertiary/aromatic N) is 3. The Hall–Kier alpha value is -4.84. The van der Waals surface area contributed by atoms with Crippen molar-refractivity contribution in [1.82, 2.24) is 8.87 Å². The number of carbonyl (C=O) groups excluding carboxylic acids is 3. The molecule has 0 spiro atoms. The minimum atomic E-state index is -4.53. The molecule has 15 nitrogen and oxygen atoms in total. The molecule has 0 unspecified atom stereocenters. The second kappa shape index (κ2) is 16.4. The lowest BCUT2D eigenvalue weighted by molar-refractivity contribution is -0.141. The van der Waals surface area contributed by atoms with Gasteiger partial charge in [-0.15, -0.1) is 0 Å². The molecule has 0 bridgehead atoms. The van der Waals surface area contributed by atoms with Crippen LogP contribution in [0.15, 0.2) is 76.5 Å². The van der Waals surface area contributed by atoms with Crippen molar-refractivity contribution in [2.24, 2.45) is 0 Å². The van der Waals surface area contributed by atoms with Crippen molar-refractivity contribution in [3.63, 3.8) is 0 Å². The molecular weight excluding hydrogens is 754 g/mol. The van der Waals surface area contributed by atoms with Gasteiger partial charge in [-0.3, -0.25) is 13.9 Å². The molecule has 0 saturated carbocycles. The Kier molecular flexibility index (Phi) is 12.7. The number of aromatic nitrogens is 1. The van der Waals surface area contributed by atoms with Gasteiger partial charge in [-0.1, -0.05) is 11.6 Å². The predicted molar refractivity (Wildman–Crippen MR) is 195 cm³/mol. The predicted octanol–water partition coefficient (Wildman–Crippen LogP) is 5.22. The third-order valence-corrected chi connectivity index (χ3v) is 11.5. The second-order valence-electron chi connectivity index (χ2n) is 12.3. The lowest BCUT2D eigenvalue weighted by Gasteiger charge is -2.25. The largest absolute Gasteiger partial charge is 0.497 e. The Bertz CT molecular complexity index is 2200. The van der Waals surface area contributed by atoms with Crippen LogP contribution in [-0.2, 0) is 50.4 Å². The fourth-order valence-electron chi connectivity index (χ4n) is 5.18. The summed E-state index contributed by atoms with van der Waals surface area (Å²) in [5.74, 6) is -1.02. The van der Waals surface area contributed by atoms with E-state index in [1.165, 1.54) is 80.9 Å². The Morgan fingerprint density at radius 1 is 0.774 bits per heavy atom. The highest BCUT2D eigenvalue weighted by atomic mass is 35.5. The molecule has 4 rings (SSSR count). The van der Waals surface area contributed by atoms with E-state index < -0.39 is 63.3 Å². The van der Waals surface area contributed by atoms with Crippen molar-refractivity contribution in [3.05, 3.63) is 77.4 Å². The van der Waals surface area contributed by atoms with Crippen LogP contribution in [-0.4, -0.2) is 90.4 Å². The molecule has 0 amide bonds. The number of fused-ring (bicyclic) bond motifs is 1. The molecule has 0 radical (unpaired) electrons. The first-order valence-electron chi connectivity index (χ1n) is 16.0. The quantitative estimate of drug-likeness (QED) is 0.120. The van der Waals surface area contributed by atoms with Gasteiger partial charge in [0.2, 0.25) is 10.0 Å². The minimum absolute atomic E-state index is 0.0274. The molecule has 0 N–H and O–H groups in total. The van der Waals surface area contributed by atoms with E-state index in [0.29, 0.717) is 11.5 Å². The van der Waals surface area contributed by atoms with Crippen molar-refractivity contribution < 1.29 is 54.9 Å². The lowest BCUT2D eigenvalue weighted by Crippen LogP contribution is -2.37. The van der Waals surface area contributed by atoms with E-state index >= 15 is 0 Å². The van der Waals surface area contributed by atoms with Crippen LogP contribution in [0.4, 0.5) is 10.5 Å². The van der Waals surface area contributed by atoms with Crippen LogP contribution >= 0.6 is 11.6 Å². The zero-order valence-electron chi connectivity index (χ0n) is 30.1. The van der Waals surface area contributed by atoms with Gasteiger partial charge in [0.1, 0.15) is 30.2 Å². The number of benzene rings is 3. The molecule has 0 aliphatic carbocycles. The number of esters is 2. The second-order valence-corrected chi connectivity index (χ2v) is 16.5. The molecule has 4 aromatic rings. The number of hydrogen-bond acceptors (Lipinski definition) is 12. The summed E-state index contributed by atoms with van der Waals surface area (Å²) >= 11 is 6.73. The number of sulfonamides is 2. The van der Waals surface area contributed by atoms with E-state index in [1.54, 1.807) is 27.7 Å². The molecule has 1 aromatic heterocycles. The molecule has 286 valence electrons. The summed E-state index contributed by atoms with van der Waals surface area (Å²) in [5.41, 5.74) is -1.28. The van der Waals surface area contributed by atoms with Crippen molar-refractivity contribution in [1.29, 1.82) is 0 Å². The van der Waals surface area contributed by atoms with E-state index in [9.17, 15) is 31.2 Å². The summed E-state index contributed by atoms with van der Waals surface area (Å²) in [7, 11) is -5.07. The van der Waals surface area contributed by atoms with Gasteiger partial charge in [-0.05, 0) is 94.4 Å². The lowest BCUT2D eigenvalue weighted by atomic mass is 10.2. The molecule has 53 heavy (non-hydrogen) atoms. The molecule has 3 aromatic carbocycles. The number of methoxy groups -OCH3 is 3. The summed E-state index contributed by atoms with van der Waals surface area (Å²) in [6.45, 7) is 4.18. The van der Waals surface area contributed by atoms with Crippen LogP contribution < -0.4 is 13.8 Å². The average Bonchev–Trinajstić information content (AvgIpc) is 3.50. The topological polar surface area (TPSA) is 177 Å². The highest BCUT2D eigenvalue weighted by Crippen LogP contribution is 2.39. The fourth-order valence-corrected chi connectivity index (χ4v) is 8.21. The first-order chi connectivity index (χ1) is 24.9. The SMILES string of the molecule is CCOC(=O)CN(c1ccc(Cl)c2c1cc(CN(CC(=O)OC)S(=O)(=O)c1ccc(OC)cc1)n2C(=O)OC(C)(C)C)S(=O)(=O)c1ccc(OC)cc1. The summed E-state index contributed by atoms with van der Waals surface area (Å²) in [4.78, 5) is 39.1. The molecule has 0 atom stereocenters. The minimum Gasteiger partial charge on any atom is -0.497 e. The van der Waals surface area contributed by atoms with E-state index in [4.69, 9.17) is 35.3 Å². The highest BCUT2D eigenvalue weighted by molar-refractivity contribution is 7.93. The van der Waals surface area contributed by atoms with Crippen molar-refractivity contribution >= 4 is 66.3 Å². The van der Waals surface area contributed by atoms with Gasteiger partial charge in [-0.25, -0.2) is 26.2 Å². The van der Waals surface area contributed by atoms with E-state index in [1.807, 2.05) is 0 Å². The van der Waals surface area contributed by atoms with Gasteiger partial charge >= 0.3 is 18.0 Å². The van der Waals surface area contributed by atoms with E-state index in [0.717, 1.165) is 20.3 Å². The van der Waals surface area contributed by atoms with Crippen LogP contribution in [0.3, 0.4) is 0 Å². The number of carbonyl (C=O) groups is 3. The highest BCUT2D eigenvalue weighted by Gasteiger charge is 2.34. The number of ether oxygens (including phenoxy) is 5. The molecule has 1 heterocycles. The first-order valence-corrected chi connectivity index (χ1v) is 19.2. The number of rotatable bonds is 14. The summed E-state index contributed by atoms with van der Waals surface area (Å²) in [6.07, 6.45) is -0.989. The monoisotopic (exact) mass is 793 g/mol. The Labute approximate surface area is 313 Å². The maximum Gasteiger partial charge on any atom is 0.419 e. The Balaban J connectivity index is 2.02. The van der Waals surface area contributed by atoms with Crippen LogP contribution in [0, 0.1) is 0 Å². The summed E-state index contributed by atoms with van der Waals surface area (Å²) in [6, 6.07) is 14.9. The smallest absolute Gasteiger partial charge is 0.419 e. The standard InChI is InChI=1S/C35H40ClN3O12S2/c1-8-50-32(41)22-38(53(45,46)27-15-11-25(48-6)12-16-27)30-18-17-29(36)33-28(30)19-23(39(33)34(42)51-35(2,3)4)20-37(21-31(40)49-7)52(43,44)26-13-9-24(47-5)10-14-26/h9-19H,8,20-22H2,1-7H3. The number of anilines is 1. The van der Waals surface area contributed by atoms with Crippen LogP contribution in [0.2, 0.25) is 5.02 Å². The molecule has 0 fully saturated rings. The number of hydrogen-bond donors (Lipinski definition) is 0. The number of halogens is 1. The van der Waals surface area contributed by atoms with E-state index in [-0.39, 0.29) is 43.7 Å². The normalized spacial score (nSPS) is 12.0. The van der Waals surface area contributed by atoms with Crippen molar-refractivity contribution in [3.8, 4) is 11.5 Å². The van der Waals surface area contributed by atoms with Gasteiger partial charge < -0.3 is 23.7 Å². The first kappa shape index (κ1) is 40.9. The van der Waals surface area contributed by atoms with Gasteiger partial charge in [0.15, 0.2) is 0 Å². The molecule has 0 aliphatic rings. The third-order valence-electron chi connectivity index (χ3n) is 7.61. The summed E-state index contributed by atoms with van der Waals surface area (Å²) < 4.78 is 85.2. The zero-order valence-corrected chi connectivity index (χ0v) is 32.5. The molecular formula is C35H40ClN3O12S2.